The van der Waals surface area contributed by atoms with Crippen LogP contribution in [0.3, 0.4) is 0 Å². The topological polar surface area (TPSA) is 59.2 Å². The first-order valence-corrected chi connectivity index (χ1v) is 4.90. The van der Waals surface area contributed by atoms with E-state index in [0.29, 0.717) is 15.9 Å². The number of carbonyl (C=O) groups excluding carboxylic acids is 1. The minimum absolute atomic E-state index is 0.0303. The number of esters is 1. The first-order valence-electron chi connectivity index (χ1n) is 4.52. The normalized spacial score (nSPS) is 10.4. The Morgan fingerprint density at radius 2 is 2.19 bits per heavy atom. The van der Waals surface area contributed by atoms with Gasteiger partial charge in [0, 0.05) is 22.1 Å². The van der Waals surface area contributed by atoms with Gasteiger partial charge in [0.2, 0.25) is 5.43 Å². The van der Waals surface area contributed by atoms with Crippen molar-refractivity contribution in [3.8, 4) is 0 Å². The minimum Gasteiger partial charge on any atom is -0.465 e. The van der Waals surface area contributed by atoms with E-state index >= 15 is 0 Å². The maximum Gasteiger partial charge on any atom is 0.343 e. The first kappa shape index (κ1) is 10.7. The quantitative estimate of drug-likeness (QED) is 0.772. The van der Waals surface area contributed by atoms with Crippen LogP contribution in [0.4, 0.5) is 0 Å². The molecular weight excluding hydrogens is 230 g/mol. The number of aromatic nitrogens is 1. The highest BCUT2D eigenvalue weighted by atomic mass is 35.5. The van der Waals surface area contributed by atoms with Crippen LogP contribution < -0.4 is 5.43 Å². The average molecular weight is 238 g/mol. The van der Waals surface area contributed by atoms with Gasteiger partial charge in [0.1, 0.15) is 5.56 Å². The van der Waals surface area contributed by atoms with Gasteiger partial charge in [-0.05, 0) is 18.2 Å². The molecule has 0 saturated heterocycles. The van der Waals surface area contributed by atoms with Gasteiger partial charge >= 0.3 is 5.97 Å². The third-order valence-corrected chi connectivity index (χ3v) is 2.48. The molecule has 0 amide bonds. The highest BCUT2D eigenvalue weighted by molar-refractivity contribution is 6.31. The maximum absolute atomic E-state index is 11.9. The van der Waals surface area contributed by atoms with E-state index in [2.05, 4.69) is 9.72 Å². The fraction of sp³-hybridized carbons (Fsp3) is 0.0909. The number of halogens is 1. The van der Waals surface area contributed by atoms with Crippen molar-refractivity contribution in [2.24, 2.45) is 0 Å². The summed E-state index contributed by atoms with van der Waals surface area (Å²) in [5, 5.41) is 0.815. The highest BCUT2D eigenvalue weighted by Gasteiger charge is 2.12. The molecule has 0 fully saturated rings. The SMILES string of the molecule is COC(=O)c1c[nH]c2ccc(Cl)cc2c1=O. The number of pyridine rings is 1. The molecule has 2 aromatic rings. The lowest BCUT2D eigenvalue weighted by Crippen LogP contribution is -2.16. The number of carbonyl (C=O) groups is 1. The third-order valence-electron chi connectivity index (χ3n) is 2.25. The van der Waals surface area contributed by atoms with E-state index in [9.17, 15) is 9.59 Å². The predicted molar refractivity (Wildman–Crippen MR) is 60.9 cm³/mol. The molecule has 1 aromatic carbocycles. The number of methoxy groups -OCH3 is 1. The number of rotatable bonds is 1. The fourth-order valence-corrected chi connectivity index (χ4v) is 1.62. The van der Waals surface area contributed by atoms with Crippen LogP contribution in [0.25, 0.3) is 10.9 Å². The van der Waals surface area contributed by atoms with E-state index in [1.165, 1.54) is 19.4 Å². The molecule has 1 N–H and O–H groups in total. The molecule has 0 radical (unpaired) electrons. The molecule has 0 saturated carbocycles. The second-order valence-corrected chi connectivity index (χ2v) is 3.65. The summed E-state index contributed by atoms with van der Waals surface area (Å²) in [4.78, 5) is 26.0. The number of benzene rings is 1. The van der Waals surface area contributed by atoms with E-state index in [0.717, 1.165) is 0 Å². The van der Waals surface area contributed by atoms with E-state index in [-0.39, 0.29) is 11.0 Å². The van der Waals surface area contributed by atoms with Crippen molar-refractivity contribution in [3.63, 3.8) is 0 Å². The van der Waals surface area contributed by atoms with E-state index in [1.54, 1.807) is 12.1 Å². The lowest BCUT2D eigenvalue weighted by atomic mass is 10.1. The van der Waals surface area contributed by atoms with Crippen LogP contribution in [0.5, 0.6) is 0 Å². The second kappa shape index (κ2) is 3.98. The zero-order valence-electron chi connectivity index (χ0n) is 8.41. The van der Waals surface area contributed by atoms with Crippen LogP contribution in [0.1, 0.15) is 10.4 Å². The van der Waals surface area contributed by atoms with Crippen LogP contribution in [0, 0.1) is 0 Å². The van der Waals surface area contributed by atoms with Crippen LogP contribution in [0.15, 0.2) is 29.2 Å². The minimum atomic E-state index is -0.664. The molecule has 0 bridgehead atoms. The van der Waals surface area contributed by atoms with E-state index in [1.807, 2.05) is 0 Å². The van der Waals surface area contributed by atoms with Crippen molar-refractivity contribution in [2.45, 2.75) is 0 Å². The van der Waals surface area contributed by atoms with Crippen LogP contribution in [0.2, 0.25) is 5.02 Å². The molecule has 82 valence electrons. The molecule has 2 rings (SSSR count). The number of H-pyrrole nitrogens is 1. The summed E-state index contributed by atoms with van der Waals surface area (Å²) in [5.74, 6) is -0.664. The van der Waals surface area contributed by atoms with Crippen molar-refractivity contribution in [2.75, 3.05) is 7.11 Å². The molecule has 0 atom stereocenters. The van der Waals surface area contributed by atoms with Gasteiger partial charge in [-0.3, -0.25) is 4.79 Å². The van der Waals surface area contributed by atoms with Gasteiger partial charge in [-0.25, -0.2) is 4.79 Å². The average Bonchev–Trinajstić information content (AvgIpc) is 2.29. The summed E-state index contributed by atoms with van der Waals surface area (Å²) in [6.45, 7) is 0. The van der Waals surface area contributed by atoms with E-state index < -0.39 is 5.97 Å². The predicted octanol–water partition coefficient (Wildman–Crippen LogP) is 1.97. The fourth-order valence-electron chi connectivity index (χ4n) is 1.45. The monoisotopic (exact) mass is 237 g/mol. The van der Waals surface area contributed by atoms with Gasteiger partial charge in [0.25, 0.3) is 0 Å². The Morgan fingerprint density at radius 1 is 1.44 bits per heavy atom. The van der Waals surface area contributed by atoms with E-state index in [4.69, 9.17) is 11.6 Å². The zero-order chi connectivity index (χ0) is 11.7. The van der Waals surface area contributed by atoms with Gasteiger partial charge in [-0.15, -0.1) is 0 Å². The van der Waals surface area contributed by atoms with Crippen LogP contribution >= 0.6 is 11.6 Å². The summed E-state index contributed by atoms with van der Waals surface area (Å²) in [6, 6.07) is 4.86. The lowest BCUT2D eigenvalue weighted by Gasteiger charge is -2.01. The number of nitrogens with one attached hydrogen (secondary N) is 1. The maximum atomic E-state index is 11.9. The molecule has 0 unspecified atom stereocenters. The highest BCUT2D eigenvalue weighted by Crippen LogP contribution is 2.15. The molecule has 0 spiro atoms. The lowest BCUT2D eigenvalue weighted by molar-refractivity contribution is 0.0599. The van der Waals surface area contributed by atoms with Crippen molar-refractivity contribution in [1.82, 2.24) is 4.98 Å². The number of hydrogen-bond acceptors (Lipinski definition) is 3. The smallest absolute Gasteiger partial charge is 0.343 e. The van der Waals surface area contributed by atoms with Crippen LogP contribution in [-0.4, -0.2) is 18.1 Å². The number of hydrogen-bond donors (Lipinski definition) is 1. The summed E-state index contributed by atoms with van der Waals surface area (Å²) in [6.07, 6.45) is 1.34. The van der Waals surface area contributed by atoms with Gasteiger partial charge in [-0.2, -0.15) is 0 Å². The molecule has 1 heterocycles. The molecule has 0 aliphatic heterocycles. The Bertz CT molecular complexity index is 618. The largest absolute Gasteiger partial charge is 0.465 e. The van der Waals surface area contributed by atoms with Crippen LogP contribution in [-0.2, 0) is 4.74 Å². The molecule has 5 heteroatoms. The van der Waals surface area contributed by atoms with Gasteiger partial charge in [0.05, 0.1) is 7.11 Å². The number of fused-ring (bicyclic) bond motifs is 1. The zero-order valence-corrected chi connectivity index (χ0v) is 9.17. The number of aromatic amines is 1. The molecular formula is C11H8ClNO3. The van der Waals surface area contributed by atoms with Crippen molar-refractivity contribution in [1.29, 1.82) is 0 Å². The summed E-state index contributed by atoms with van der Waals surface area (Å²) in [5.41, 5.74) is 0.211. The Balaban J connectivity index is 2.78. The Morgan fingerprint density at radius 3 is 2.88 bits per heavy atom. The molecule has 0 aliphatic rings. The molecule has 0 aliphatic carbocycles. The van der Waals surface area contributed by atoms with Crippen molar-refractivity contribution in [3.05, 3.63) is 45.2 Å². The number of ether oxygens (including phenoxy) is 1. The second-order valence-electron chi connectivity index (χ2n) is 3.21. The first-order chi connectivity index (χ1) is 7.63. The molecule has 16 heavy (non-hydrogen) atoms. The Kier molecular flexibility index (Phi) is 2.66. The summed E-state index contributed by atoms with van der Waals surface area (Å²) in [7, 11) is 1.23. The summed E-state index contributed by atoms with van der Waals surface area (Å²) >= 11 is 5.79. The molecule has 1 aromatic heterocycles. The van der Waals surface area contributed by atoms with Crippen molar-refractivity contribution >= 4 is 28.5 Å². The Hall–Kier alpha value is -1.81. The van der Waals surface area contributed by atoms with Gasteiger partial charge in [0.15, 0.2) is 0 Å². The van der Waals surface area contributed by atoms with Gasteiger partial charge in [-0.1, -0.05) is 11.6 Å². The third kappa shape index (κ3) is 1.67. The van der Waals surface area contributed by atoms with Gasteiger partial charge < -0.3 is 9.72 Å². The van der Waals surface area contributed by atoms with Crippen molar-refractivity contribution < 1.29 is 9.53 Å². The molecule has 4 nitrogen and oxygen atoms in total. The summed E-state index contributed by atoms with van der Waals surface area (Å²) < 4.78 is 4.50. The standard InChI is InChI=1S/C11H8ClNO3/c1-16-11(15)8-5-13-9-3-2-6(12)4-7(9)10(8)14/h2-5H,1H3,(H,13,14). The Labute approximate surface area is 95.8 Å².